The number of anilines is 1. The van der Waals surface area contributed by atoms with Gasteiger partial charge in [-0.05, 0) is 37.3 Å². The maximum Gasteiger partial charge on any atom is 0.295 e. The number of amides is 2. The minimum absolute atomic E-state index is 0.0105. The Morgan fingerprint density at radius 2 is 1.67 bits per heavy atom. The van der Waals surface area contributed by atoms with Crippen molar-refractivity contribution in [2.75, 3.05) is 12.4 Å². The predicted octanol–water partition coefficient (Wildman–Crippen LogP) is 1.51. The van der Waals surface area contributed by atoms with Gasteiger partial charge >= 0.3 is 0 Å². The number of para-hydroxylation sites is 1. The average molecular weight is 426 g/mol. The summed E-state index contributed by atoms with van der Waals surface area (Å²) in [5.41, 5.74) is 0.867. The van der Waals surface area contributed by atoms with Crippen LogP contribution in [0.15, 0.2) is 58.2 Å². The molecule has 0 fully saturated rings. The summed E-state index contributed by atoms with van der Waals surface area (Å²) in [4.78, 5) is 37.5. The van der Waals surface area contributed by atoms with Gasteiger partial charge in [0.05, 0.1) is 16.9 Å². The van der Waals surface area contributed by atoms with Gasteiger partial charge in [-0.3, -0.25) is 19.1 Å². The van der Waals surface area contributed by atoms with Crippen molar-refractivity contribution in [1.29, 1.82) is 0 Å². The van der Waals surface area contributed by atoms with E-state index in [1.54, 1.807) is 42.9 Å². The number of hydrogen-bond acceptors (Lipinski definition) is 5. The molecule has 1 aromatic heterocycles. The van der Waals surface area contributed by atoms with Crippen molar-refractivity contribution in [2.24, 2.45) is 7.05 Å². The minimum atomic E-state index is -3.98. The van der Waals surface area contributed by atoms with E-state index in [0.29, 0.717) is 15.7 Å². The lowest BCUT2D eigenvalue weighted by Crippen LogP contribution is -2.24. The first-order valence-electron chi connectivity index (χ1n) is 8.97. The van der Waals surface area contributed by atoms with Crippen LogP contribution in [0.1, 0.15) is 26.4 Å². The second-order valence-electron chi connectivity index (χ2n) is 6.88. The van der Waals surface area contributed by atoms with Crippen LogP contribution in [-0.4, -0.2) is 40.9 Å². The van der Waals surface area contributed by atoms with Gasteiger partial charge in [0.15, 0.2) is 0 Å². The molecule has 4 rings (SSSR count). The van der Waals surface area contributed by atoms with Gasteiger partial charge in [0.1, 0.15) is 10.6 Å². The summed E-state index contributed by atoms with van der Waals surface area (Å²) in [6.07, 6.45) is 0. The molecule has 0 radical (unpaired) electrons. The molecule has 0 spiro atoms. The van der Waals surface area contributed by atoms with Crippen molar-refractivity contribution in [1.82, 2.24) is 13.7 Å². The summed E-state index contributed by atoms with van der Waals surface area (Å²) < 4.78 is 28.4. The normalized spacial score (nSPS) is 14.6. The fourth-order valence-electron chi connectivity index (χ4n) is 3.38. The molecule has 9 nitrogen and oxygen atoms in total. The lowest BCUT2D eigenvalue weighted by atomic mass is 10.1. The fourth-order valence-corrected chi connectivity index (χ4v) is 4.70. The smallest absolute Gasteiger partial charge is 0.295 e. The van der Waals surface area contributed by atoms with Crippen LogP contribution in [0, 0.1) is 6.92 Å². The number of benzene rings is 2. The van der Waals surface area contributed by atoms with Crippen LogP contribution in [0.5, 0.6) is 0 Å². The van der Waals surface area contributed by atoms with E-state index < -0.39 is 27.4 Å². The molecule has 0 saturated carbocycles. The zero-order chi connectivity index (χ0) is 21.8. The Bertz CT molecular complexity index is 1370. The van der Waals surface area contributed by atoms with E-state index in [1.165, 1.54) is 16.8 Å². The number of rotatable bonds is 3. The van der Waals surface area contributed by atoms with Crippen LogP contribution in [0.3, 0.4) is 0 Å². The van der Waals surface area contributed by atoms with Gasteiger partial charge in [-0.2, -0.15) is 0 Å². The molecule has 30 heavy (non-hydrogen) atoms. The number of fused-ring (bicyclic) bond motifs is 1. The molecule has 1 N–H and O–H groups in total. The highest BCUT2D eigenvalue weighted by Crippen LogP contribution is 2.30. The average Bonchev–Trinajstić information content (AvgIpc) is 3.05. The number of carbonyl (C=O) groups excluding carboxylic acids is 2. The third kappa shape index (κ3) is 2.76. The largest absolute Gasteiger partial charge is 0.316 e. The lowest BCUT2D eigenvalue weighted by molar-refractivity contribution is 0.0890. The second-order valence-corrected chi connectivity index (χ2v) is 8.82. The molecular weight excluding hydrogens is 408 g/mol. The molecule has 154 valence electrons. The van der Waals surface area contributed by atoms with Crippen LogP contribution in [0.4, 0.5) is 5.69 Å². The van der Waals surface area contributed by atoms with E-state index in [4.69, 9.17) is 0 Å². The van der Waals surface area contributed by atoms with Gasteiger partial charge < -0.3 is 5.32 Å². The number of nitrogens with zero attached hydrogens (tertiary/aromatic N) is 3. The highest BCUT2D eigenvalue weighted by molar-refractivity contribution is 7.90. The molecule has 10 heteroatoms. The van der Waals surface area contributed by atoms with Crippen LogP contribution in [-0.2, 0) is 17.1 Å². The predicted molar refractivity (Wildman–Crippen MR) is 109 cm³/mol. The third-order valence-electron chi connectivity index (χ3n) is 5.19. The number of nitrogens with one attached hydrogen (secondary N) is 1. The minimum Gasteiger partial charge on any atom is -0.316 e. The second kappa shape index (κ2) is 6.70. The van der Waals surface area contributed by atoms with Gasteiger partial charge in [-0.25, -0.2) is 17.4 Å². The van der Waals surface area contributed by atoms with Crippen LogP contribution in [0.25, 0.3) is 5.69 Å². The molecule has 0 atom stereocenters. The first-order valence-corrected chi connectivity index (χ1v) is 10.4. The van der Waals surface area contributed by atoms with Crippen molar-refractivity contribution >= 4 is 27.5 Å². The van der Waals surface area contributed by atoms with Gasteiger partial charge in [-0.1, -0.05) is 18.2 Å². The summed E-state index contributed by atoms with van der Waals surface area (Å²) in [5, 5.41) is 2.58. The SMILES string of the molecule is Cc1c(NC(=O)c2ccc3c(c2)S(=O)(=O)N(C)C3=O)c(=O)n(-c2ccccc2)n1C. The number of sulfonamides is 1. The van der Waals surface area contributed by atoms with E-state index in [9.17, 15) is 22.8 Å². The molecule has 0 bridgehead atoms. The molecule has 2 amide bonds. The van der Waals surface area contributed by atoms with E-state index in [-0.39, 0.29) is 21.7 Å². The Balaban J connectivity index is 1.73. The van der Waals surface area contributed by atoms with Crippen molar-refractivity contribution in [3.63, 3.8) is 0 Å². The summed E-state index contributed by atoms with van der Waals surface area (Å²) in [6, 6.07) is 12.8. The molecule has 0 aliphatic carbocycles. The first kappa shape index (κ1) is 19.6. The van der Waals surface area contributed by atoms with Crippen molar-refractivity contribution < 1.29 is 18.0 Å². The summed E-state index contributed by atoms with van der Waals surface area (Å²) in [5.74, 6) is -1.30. The Morgan fingerprint density at radius 1 is 1.00 bits per heavy atom. The van der Waals surface area contributed by atoms with E-state index in [1.807, 2.05) is 6.07 Å². The summed E-state index contributed by atoms with van der Waals surface area (Å²) in [7, 11) is -1.12. The van der Waals surface area contributed by atoms with Gasteiger partial charge in [0.2, 0.25) is 0 Å². The Hall–Kier alpha value is -3.66. The van der Waals surface area contributed by atoms with Crippen LogP contribution in [0.2, 0.25) is 0 Å². The Labute approximate surface area is 172 Å². The molecule has 2 heterocycles. The monoisotopic (exact) mass is 426 g/mol. The molecule has 0 unspecified atom stereocenters. The van der Waals surface area contributed by atoms with Gasteiger partial charge in [0.25, 0.3) is 27.4 Å². The molecule has 3 aromatic rings. The van der Waals surface area contributed by atoms with Gasteiger partial charge in [-0.15, -0.1) is 0 Å². The topological polar surface area (TPSA) is 110 Å². The highest BCUT2D eigenvalue weighted by atomic mass is 32.2. The molecular formula is C20H18N4O5S. The molecule has 0 saturated heterocycles. The number of hydrogen-bond donors (Lipinski definition) is 1. The molecule has 2 aromatic carbocycles. The summed E-state index contributed by atoms with van der Waals surface area (Å²) >= 11 is 0. The first-order chi connectivity index (χ1) is 14.1. The van der Waals surface area contributed by atoms with E-state index >= 15 is 0 Å². The van der Waals surface area contributed by atoms with Gasteiger partial charge in [0, 0.05) is 19.7 Å². The third-order valence-corrected chi connectivity index (χ3v) is 6.97. The van der Waals surface area contributed by atoms with E-state index in [0.717, 1.165) is 13.1 Å². The Kier molecular flexibility index (Phi) is 4.39. The van der Waals surface area contributed by atoms with Crippen LogP contribution < -0.4 is 10.9 Å². The quantitative estimate of drug-likeness (QED) is 0.683. The maximum absolute atomic E-state index is 12.9. The zero-order valence-corrected chi connectivity index (χ0v) is 17.2. The fraction of sp³-hybridized carbons (Fsp3) is 0.150. The Morgan fingerprint density at radius 3 is 2.33 bits per heavy atom. The number of carbonyl (C=O) groups is 2. The highest BCUT2D eigenvalue weighted by Gasteiger charge is 2.39. The van der Waals surface area contributed by atoms with Crippen molar-refractivity contribution in [3.8, 4) is 5.69 Å². The molecule has 1 aliphatic heterocycles. The van der Waals surface area contributed by atoms with Crippen molar-refractivity contribution in [2.45, 2.75) is 11.8 Å². The molecule has 1 aliphatic rings. The number of aromatic nitrogens is 2. The van der Waals surface area contributed by atoms with Crippen LogP contribution >= 0.6 is 0 Å². The lowest BCUT2D eigenvalue weighted by Gasteiger charge is -2.07. The summed E-state index contributed by atoms with van der Waals surface area (Å²) in [6.45, 7) is 1.69. The zero-order valence-electron chi connectivity index (χ0n) is 16.4. The standard InChI is InChI=1S/C20H18N4O5S/c1-12-17(20(27)24(22(12)2)14-7-5-4-6-8-14)21-18(25)13-9-10-15-16(11-13)30(28,29)23(3)19(15)26/h4-11H,1-3H3,(H,21,25). The van der Waals surface area contributed by atoms with E-state index in [2.05, 4.69) is 5.32 Å². The maximum atomic E-state index is 12.9. The van der Waals surface area contributed by atoms with Crippen molar-refractivity contribution in [3.05, 3.63) is 75.7 Å².